The molecule has 0 fully saturated rings. The van der Waals surface area contributed by atoms with Crippen LogP contribution in [0.3, 0.4) is 0 Å². The molecule has 8 heteroatoms. The molecule has 0 aliphatic rings. The number of benzene rings is 1. The molecule has 0 unspecified atom stereocenters. The molecule has 22 heavy (non-hydrogen) atoms. The van der Waals surface area contributed by atoms with Crippen LogP contribution in [-0.2, 0) is 4.74 Å². The molecular weight excluding hydrogens is 306 g/mol. The lowest BCUT2D eigenvalue weighted by Crippen LogP contribution is -2.01. The Bertz CT molecular complexity index is 836. The number of aromatic nitrogens is 2. The van der Waals surface area contributed by atoms with Gasteiger partial charge in [-0.2, -0.15) is 0 Å². The van der Waals surface area contributed by atoms with E-state index in [0.29, 0.717) is 27.7 Å². The van der Waals surface area contributed by atoms with E-state index in [4.69, 9.17) is 4.74 Å². The highest BCUT2D eigenvalue weighted by Crippen LogP contribution is 2.30. The summed E-state index contributed by atoms with van der Waals surface area (Å²) in [6, 6.07) is 6.42. The van der Waals surface area contributed by atoms with Gasteiger partial charge >= 0.3 is 5.97 Å². The predicted molar refractivity (Wildman–Crippen MR) is 81.1 cm³/mol. The van der Waals surface area contributed by atoms with Crippen LogP contribution in [0.25, 0.3) is 16.2 Å². The molecule has 0 aliphatic carbocycles. The van der Waals surface area contributed by atoms with Crippen LogP contribution in [0.15, 0.2) is 36.7 Å². The summed E-state index contributed by atoms with van der Waals surface area (Å²) in [5, 5.41) is 11.1. The van der Waals surface area contributed by atoms with Crippen LogP contribution in [-0.4, -0.2) is 26.9 Å². The van der Waals surface area contributed by atoms with Gasteiger partial charge < -0.3 is 4.74 Å². The molecule has 0 N–H and O–H groups in total. The van der Waals surface area contributed by atoms with Crippen LogP contribution in [0.1, 0.15) is 16.6 Å². The summed E-state index contributed by atoms with van der Waals surface area (Å²) in [6.07, 6.45) is 3.28. The van der Waals surface area contributed by atoms with Crippen molar-refractivity contribution in [2.24, 2.45) is 0 Å². The highest BCUT2D eigenvalue weighted by molar-refractivity contribution is 7.18. The number of imidazole rings is 1. The highest BCUT2D eigenvalue weighted by Gasteiger charge is 2.19. The molecule has 0 saturated heterocycles. The molecule has 7 nitrogen and oxygen atoms in total. The first-order valence-corrected chi connectivity index (χ1v) is 7.31. The molecule has 112 valence electrons. The van der Waals surface area contributed by atoms with Gasteiger partial charge in [0.25, 0.3) is 5.69 Å². The Labute approximate surface area is 128 Å². The van der Waals surface area contributed by atoms with E-state index in [2.05, 4.69) is 4.98 Å². The second-order valence-corrected chi connectivity index (χ2v) is 5.42. The van der Waals surface area contributed by atoms with Gasteiger partial charge in [0.1, 0.15) is 4.88 Å². The van der Waals surface area contributed by atoms with Crippen molar-refractivity contribution in [3.63, 3.8) is 0 Å². The van der Waals surface area contributed by atoms with Crippen LogP contribution in [0.2, 0.25) is 0 Å². The number of rotatable bonds is 4. The number of thiazole rings is 1. The highest BCUT2D eigenvalue weighted by atomic mass is 32.1. The summed E-state index contributed by atoms with van der Waals surface area (Å²) in [7, 11) is 0. The Balaban J connectivity index is 2.02. The molecule has 1 aromatic carbocycles. The SMILES string of the molecule is CCOC(=O)c1cn2cc(-c3ccccc3[N+](=O)[O-])nc2s1. The largest absolute Gasteiger partial charge is 0.462 e. The van der Waals surface area contributed by atoms with Crippen molar-refractivity contribution in [2.45, 2.75) is 6.92 Å². The van der Waals surface area contributed by atoms with Crippen molar-refractivity contribution in [3.8, 4) is 11.3 Å². The van der Waals surface area contributed by atoms with Crippen molar-refractivity contribution < 1.29 is 14.5 Å². The van der Waals surface area contributed by atoms with Crippen LogP contribution in [0.5, 0.6) is 0 Å². The van der Waals surface area contributed by atoms with E-state index in [9.17, 15) is 14.9 Å². The lowest BCUT2D eigenvalue weighted by molar-refractivity contribution is -0.384. The fourth-order valence-electron chi connectivity index (χ4n) is 2.07. The van der Waals surface area contributed by atoms with Crippen molar-refractivity contribution in [1.82, 2.24) is 9.38 Å². The number of hydrogen-bond donors (Lipinski definition) is 0. The van der Waals surface area contributed by atoms with Gasteiger partial charge in [-0.3, -0.25) is 14.5 Å². The van der Waals surface area contributed by atoms with E-state index in [0.717, 1.165) is 0 Å². The number of hydrogen-bond acceptors (Lipinski definition) is 6. The fourth-order valence-corrected chi connectivity index (χ4v) is 2.93. The minimum absolute atomic E-state index is 0.00105. The summed E-state index contributed by atoms with van der Waals surface area (Å²) in [5.41, 5.74) is 0.939. The van der Waals surface area contributed by atoms with Crippen molar-refractivity contribution >= 4 is 28.0 Å². The van der Waals surface area contributed by atoms with Crippen molar-refractivity contribution in [3.05, 3.63) is 51.7 Å². The van der Waals surface area contributed by atoms with E-state index in [1.54, 1.807) is 41.9 Å². The second kappa shape index (κ2) is 5.57. The van der Waals surface area contributed by atoms with Gasteiger partial charge in [-0.05, 0) is 13.0 Å². The number of nitro groups is 1. The maximum atomic E-state index is 11.7. The minimum Gasteiger partial charge on any atom is -0.462 e. The number of nitro benzene ring substituents is 1. The smallest absolute Gasteiger partial charge is 0.349 e. The molecule has 0 atom stereocenters. The molecule has 0 aliphatic heterocycles. The number of para-hydroxylation sites is 1. The molecule has 3 rings (SSSR count). The summed E-state index contributed by atoms with van der Waals surface area (Å²) in [5.74, 6) is -0.398. The van der Waals surface area contributed by atoms with Gasteiger partial charge in [-0.1, -0.05) is 23.5 Å². The van der Waals surface area contributed by atoms with Crippen molar-refractivity contribution in [2.75, 3.05) is 6.61 Å². The third-order valence-corrected chi connectivity index (χ3v) is 3.99. The summed E-state index contributed by atoms with van der Waals surface area (Å²) in [6.45, 7) is 2.05. The molecule has 0 saturated carbocycles. The maximum absolute atomic E-state index is 11.7. The quantitative estimate of drug-likeness (QED) is 0.419. The lowest BCUT2D eigenvalue weighted by Gasteiger charge is -1.98. The first kappa shape index (κ1) is 14.2. The minimum atomic E-state index is -0.438. The number of esters is 1. The van der Waals surface area contributed by atoms with E-state index in [-0.39, 0.29) is 5.69 Å². The van der Waals surface area contributed by atoms with Gasteiger partial charge in [-0.15, -0.1) is 0 Å². The molecule has 2 aromatic heterocycles. The first-order chi connectivity index (χ1) is 10.6. The fraction of sp³-hybridized carbons (Fsp3) is 0.143. The number of ether oxygens (including phenoxy) is 1. The zero-order chi connectivity index (χ0) is 15.7. The van der Waals surface area contributed by atoms with E-state index < -0.39 is 10.9 Å². The number of carbonyl (C=O) groups excluding carboxylic acids is 1. The molecule has 0 radical (unpaired) electrons. The Kier molecular flexibility index (Phi) is 3.60. The zero-order valence-electron chi connectivity index (χ0n) is 11.6. The Morgan fingerprint density at radius 2 is 2.18 bits per heavy atom. The van der Waals surface area contributed by atoms with Crippen LogP contribution in [0.4, 0.5) is 5.69 Å². The van der Waals surface area contributed by atoms with Crippen molar-refractivity contribution in [1.29, 1.82) is 0 Å². The van der Waals surface area contributed by atoms with Gasteiger partial charge in [0, 0.05) is 18.5 Å². The number of fused-ring (bicyclic) bond motifs is 1. The molecule has 0 amide bonds. The summed E-state index contributed by atoms with van der Waals surface area (Å²) >= 11 is 1.18. The van der Waals surface area contributed by atoms with Gasteiger partial charge in [0.15, 0.2) is 4.96 Å². The van der Waals surface area contributed by atoms with E-state index in [1.165, 1.54) is 17.4 Å². The Hall–Kier alpha value is -2.74. The monoisotopic (exact) mass is 317 g/mol. The van der Waals surface area contributed by atoms with Crippen LogP contribution >= 0.6 is 11.3 Å². The Morgan fingerprint density at radius 3 is 2.86 bits per heavy atom. The normalized spacial score (nSPS) is 10.8. The average Bonchev–Trinajstić information content (AvgIpc) is 3.06. The molecular formula is C14H11N3O4S. The number of nitrogens with zero attached hydrogens (tertiary/aromatic N) is 3. The van der Waals surface area contributed by atoms with Gasteiger partial charge in [0.05, 0.1) is 22.8 Å². The standard InChI is InChI=1S/C14H11N3O4S/c1-2-21-13(18)12-8-16-7-10(15-14(16)22-12)9-5-3-4-6-11(9)17(19)20/h3-8H,2H2,1H3. The second-order valence-electron chi connectivity index (χ2n) is 4.41. The topological polar surface area (TPSA) is 86.7 Å². The number of carbonyl (C=O) groups is 1. The van der Waals surface area contributed by atoms with Gasteiger partial charge in [-0.25, -0.2) is 9.78 Å². The molecule has 0 spiro atoms. The van der Waals surface area contributed by atoms with Gasteiger partial charge in [0.2, 0.25) is 0 Å². The molecule has 2 heterocycles. The third kappa shape index (κ3) is 2.44. The Morgan fingerprint density at radius 1 is 1.41 bits per heavy atom. The summed E-state index contributed by atoms with van der Waals surface area (Å²) in [4.78, 5) is 27.7. The average molecular weight is 317 g/mol. The first-order valence-electron chi connectivity index (χ1n) is 6.49. The summed E-state index contributed by atoms with van der Waals surface area (Å²) < 4.78 is 6.60. The molecule has 3 aromatic rings. The van der Waals surface area contributed by atoms with Crippen LogP contribution in [0, 0.1) is 10.1 Å². The van der Waals surface area contributed by atoms with E-state index >= 15 is 0 Å². The lowest BCUT2D eigenvalue weighted by atomic mass is 10.1. The molecule has 0 bridgehead atoms. The predicted octanol–water partition coefficient (Wildman–Crippen LogP) is 3.15. The third-order valence-electron chi connectivity index (χ3n) is 3.01. The zero-order valence-corrected chi connectivity index (χ0v) is 12.4. The van der Waals surface area contributed by atoms with E-state index in [1.807, 2.05) is 0 Å². The maximum Gasteiger partial charge on any atom is 0.349 e. The van der Waals surface area contributed by atoms with Crippen LogP contribution < -0.4 is 0 Å².